The Kier molecular flexibility index (Phi) is 11.2. The van der Waals surface area contributed by atoms with Gasteiger partial charge in [-0.05, 0) is 50.8 Å². The first-order valence-corrected chi connectivity index (χ1v) is 13.2. The van der Waals surface area contributed by atoms with Gasteiger partial charge in [-0.2, -0.15) is 0 Å². The van der Waals surface area contributed by atoms with Gasteiger partial charge in [0.05, 0.1) is 24.5 Å². The molecule has 1 aromatic carbocycles. The van der Waals surface area contributed by atoms with Crippen LogP contribution in [0.15, 0.2) is 46.6 Å². The van der Waals surface area contributed by atoms with Gasteiger partial charge < -0.3 is 30.1 Å². The third kappa shape index (κ3) is 8.59. The average molecular weight is 500 g/mol. The van der Waals surface area contributed by atoms with Crippen molar-refractivity contribution in [3.05, 3.63) is 59.2 Å². The summed E-state index contributed by atoms with van der Waals surface area (Å²) in [7, 11) is 0. The topological polar surface area (TPSA) is 107 Å². The normalized spacial score (nSPS) is 19.0. The molecule has 3 unspecified atom stereocenters. The third-order valence-corrected chi connectivity index (χ3v) is 6.60. The van der Waals surface area contributed by atoms with Gasteiger partial charge in [-0.3, -0.25) is 0 Å². The molecule has 2 aliphatic heterocycles. The number of allylic oxidation sites excluding steroid dienone is 1. The molecule has 3 atom stereocenters. The van der Waals surface area contributed by atoms with E-state index in [1.807, 2.05) is 24.4 Å². The predicted molar refractivity (Wildman–Crippen MR) is 144 cm³/mol. The van der Waals surface area contributed by atoms with Crippen molar-refractivity contribution in [1.82, 2.24) is 5.32 Å². The number of benzene rings is 1. The van der Waals surface area contributed by atoms with Crippen molar-refractivity contribution in [2.75, 3.05) is 26.3 Å². The van der Waals surface area contributed by atoms with Gasteiger partial charge >= 0.3 is 0 Å². The number of nitrogens with zero attached hydrogens (tertiary/aromatic N) is 1. The molecule has 0 aliphatic carbocycles. The van der Waals surface area contributed by atoms with E-state index in [1.165, 1.54) is 0 Å². The van der Waals surface area contributed by atoms with Crippen LogP contribution in [0.4, 0.5) is 0 Å². The summed E-state index contributed by atoms with van der Waals surface area (Å²) >= 11 is 0. The molecule has 2 aliphatic rings. The van der Waals surface area contributed by atoms with E-state index in [-0.39, 0.29) is 24.6 Å². The van der Waals surface area contributed by atoms with Crippen LogP contribution in [0.2, 0.25) is 0 Å². The molecule has 0 radical (unpaired) electrons. The van der Waals surface area contributed by atoms with Gasteiger partial charge in [0.2, 0.25) is 0 Å². The van der Waals surface area contributed by atoms with Crippen LogP contribution in [0.5, 0.6) is 11.5 Å². The van der Waals surface area contributed by atoms with Crippen LogP contribution in [0.1, 0.15) is 58.4 Å². The van der Waals surface area contributed by atoms with Gasteiger partial charge in [0.1, 0.15) is 30.9 Å². The first kappa shape index (κ1) is 28.1. The van der Waals surface area contributed by atoms with E-state index in [1.54, 1.807) is 13.0 Å². The highest BCUT2D eigenvalue weighted by Crippen LogP contribution is 2.32. The first-order chi connectivity index (χ1) is 17.4. The van der Waals surface area contributed by atoms with E-state index in [2.05, 4.69) is 30.2 Å². The maximum Gasteiger partial charge on any atom is 0.178 e. The number of ether oxygens (including phenoxy) is 2. The number of aryl methyl sites for hydroxylation is 1. The maximum atomic E-state index is 10.3. The summed E-state index contributed by atoms with van der Waals surface area (Å²) in [6.45, 7) is 7.94. The number of rotatable bonds is 16. The Labute approximate surface area is 215 Å². The molecule has 0 spiro atoms. The molecule has 0 bridgehead atoms. The number of phenolic OH excluding ortho intramolecular Hbond substituents is 1. The highest BCUT2D eigenvalue weighted by molar-refractivity contribution is 5.82. The first-order valence-electron chi connectivity index (χ1n) is 13.2. The number of hydrogen-bond acceptors (Lipinski definition) is 6. The lowest BCUT2D eigenvalue weighted by molar-refractivity contribution is -0.0550. The summed E-state index contributed by atoms with van der Waals surface area (Å²) in [6, 6.07) is 5.50. The van der Waals surface area contributed by atoms with Gasteiger partial charge in [-0.15, -0.1) is 16.6 Å². The zero-order valence-corrected chi connectivity index (χ0v) is 21.9. The molecule has 0 amide bonds. The molecule has 1 aromatic rings. The lowest BCUT2D eigenvalue weighted by Crippen LogP contribution is -2.30. The molecule has 0 saturated heterocycles. The smallest absolute Gasteiger partial charge is 0.178 e. The molecule has 5 N–H and O–H groups in total. The summed E-state index contributed by atoms with van der Waals surface area (Å²) in [5.41, 5.74) is 3.06. The van der Waals surface area contributed by atoms with E-state index in [0.29, 0.717) is 31.2 Å². The zero-order valence-electron chi connectivity index (χ0n) is 21.9. The van der Waals surface area contributed by atoms with Crippen molar-refractivity contribution < 1.29 is 24.8 Å². The number of hydrogen-bond donors (Lipinski definition) is 4. The van der Waals surface area contributed by atoms with E-state index >= 15 is 0 Å². The quantitative estimate of drug-likeness (QED) is 0.204. The van der Waals surface area contributed by atoms with Crippen molar-refractivity contribution in [2.24, 2.45) is 10.9 Å². The van der Waals surface area contributed by atoms with Gasteiger partial charge in [0.15, 0.2) is 17.2 Å². The molecule has 7 nitrogen and oxygen atoms in total. The van der Waals surface area contributed by atoms with Crippen LogP contribution in [0.25, 0.3) is 0 Å². The standard InChI is InChI=1S/C29H42N2O5/c1-4-5-6-28-24(19-32)15-26(36-28)9-7-22-8-10-27(34)29(13-22)35-12-11-25-14-23(18-31-25)20(2)16-30-17-21(3)33/h8,10,13-15,18,20-21,28,30,32-33,36H,4-7,9,11-12,16-17,19H2,1-3H3/p+1. The second kappa shape index (κ2) is 14.3. The zero-order chi connectivity index (χ0) is 25.9. The van der Waals surface area contributed by atoms with Crippen LogP contribution in [-0.4, -0.2) is 64.8 Å². The van der Waals surface area contributed by atoms with Crippen LogP contribution >= 0.6 is 0 Å². The number of unbranched alkanes of at least 4 members (excludes halogenated alkanes) is 1. The Hall–Kier alpha value is -2.45. The second-order valence-corrected chi connectivity index (χ2v) is 9.86. The predicted octanol–water partition coefficient (Wildman–Crippen LogP) is 3.79. The van der Waals surface area contributed by atoms with Gasteiger partial charge in [-0.25, -0.2) is 0 Å². The van der Waals surface area contributed by atoms with Crippen molar-refractivity contribution in [3.8, 4) is 11.5 Å². The second-order valence-electron chi connectivity index (χ2n) is 9.86. The van der Waals surface area contributed by atoms with Crippen LogP contribution < -0.4 is 10.1 Å². The van der Waals surface area contributed by atoms with Crippen molar-refractivity contribution in [3.63, 3.8) is 0 Å². The number of aliphatic imine (C=N–C) groups is 1. The fourth-order valence-corrected chi connectivity index (χ4v) is 4.39. The maximum absolute atomic E-state index is 10.3. The number of aliphatic hydroxyl groups is 4. The molecule has 2 heterocycles. The average Bonchev–Trinajstić information content (AvgIpc) is 3.49. The van der Waals surface area contributed by atoms with Crippen LogP contribution in [0.3, 0.4) is 0 Å². The summed E-state index contributed by atoms with van der Waals surface area (Å²) in [4.78, 5) is 4.51. The fraction of sp³-hybridized carbons (Fsp3) is 0.552. The Morgan fingerprint density at radius 3 is 2.83 bits per heavy atom. The lowest BCUT2D eigenvalue weighted by Gasteiger charge is -2.19. The number of nitrogens with one attached hydrogen (secondary N) is 1. The Morgan fingerprint density at radius 2 is 2.08 bits per heavy atom. The molecule has 7 heteroatoms. The van der Waals surface area contributed by atoms with E-state index < -0.39 is 0 Å². The van der Waals surface area contributed by atoms with Gasteiger partial charge in [0.25, 0.3) is 0 Å². The van der Waals surface area contributed by atoms with Gasteiger partial charge in [0, 0.05) is 26.1 Å². The Balaban J connectivity index is 1.44. The molecular formula is C29H43N2O5+. The summed E-state index contributed by atoms with van der Waals surface area (Å²) < 4.78 is 10.7. The Morgan fingerprint density at radius 1 is 1.25 bits per heavy atom. The van der Waals surface area contributed by atoms with E-state index in [9.17, 15) is 15.3 Å². The molecule has 198 valence electrons. The third-order valence-electron chi connectivity index (χ3n) is 6.60. The summed E-state index contributed by atoms with van der Waals surface area (Å²) in [6.07, 6.45) is 12.3. The monoisotopic (exact) mass is 499 g/mol. The SMILES string of the molecule is CCCCC1[OH+][C-](CCc2ccc(O)c(OCCC3=C[C+](C(C)CNCC(C)O)C=N3)c2)C=C1CO. The minimum Gasteiger partial charge on any atom is -0.504 e. The van der Waals surface area contributed by atoms with Crippen molar-refractivity contribution in [1.29, 1.82) is 0 Å². The highest BCUT2D eigenvalue weighted by atomic mass is 16.5. The summed E-state index contributed by atoms with van der Waals surface area (Å²) in [5.74, 6) is 2.09. The molecular weight excluding hydrogens is 456 g/mol. The number of phenols is 1. The molecule has 3 rings (SSSR count). The van der Waals surface area contributed by atoms with Gasteiger partial charge in [-0.1, -0.05) is 19.4 Å². The number of aromatic hydroxyl groups is 1. The molecule has 0 aromatic heterocycles. The largest absolute Gasteiger partial charge is 0.504 e. The molecule has 0 saturated carbocycles. The minimum absolute atomic E-state index is 0.0666. The van der Waals surface area contributed by atoms with Crippen LogP contribution in [-0.2, 0) is 6.42 Å². The minimum atomic E-state index is -0.354. The highest BCUT2D eigenvalue weighted by Gasteiger charge is 2.27. The lowest BCUT2D eigenvalue weighted by atomic mass is 9.95. The van der Waals surface area contributed by atoms with E-state index in [0.717, 1.165) is 67.5 Å². The van der Waals surface area contributed by atoms with Crippen molar-refractivity contribution >= 4 is 6.21 Å². The van der Waals surface area contributed by atoms with E-state index in [4.69, 9.17) is 9.47 Å². The molecule has 0 fully saturated rings. The molecule has 36 heavy (non-hydrogen) atoms. The van der Waals surface area contributed by atoms with Crippen LogP contribution in [0, 0.1) is 17.9 Å². The fourth-order valence-electron chi connectivity index (χ4n) is 4.39. The Bertz CT molecular complexity index is 911. The summed E-state index contributed by atoms with van der Waals surface area (Å²) in [5, 5.41) is 32.6. The number of aliphatic hydroxyl groups excluding tert-OH is 2. The van der Waals surface area contributed by atoms with Crippen molar-refractivity contribution in [2.45, 2.75) is 71.5 Å².